The van der Waals surface area contributed by atoms with Crippen molar-refractivity contribution in [3.05, 3.63) is 75.4 Å². The summed E-state index contributed by atoms with van der Waals surface area (Å²) in [6.45, 7) is 0. The first-order valence-corrected chi connectivity index (χ1v) is 7.41. The molecule has 2 aromatic carbocycles. The molecule has 0 heterocycles. The zero-order valence-corrected chi connectivity index (χ0v) is 12.5. The third-order valence-corrected chi connectivity index (χ3v) is 4.67. The van der Waals surface area contributed by atoms with Gasteiger partial charge in [0, 0.05) is 5.92 Å². The Bertz CT molecular complexity index is 676. The Morgan fingerprint density at radius 2 is 1.85 bits per heavy atom. The van der Waals surface area contributed by atoms with Crippen molar-refractivity contribution in [3.8, 4) is 0 Å². The standard InChI is InChI=1S/C17H15Cl2N/c18-16-8-6-11(9-17(16)19)14-7-5-12(10-20)13-3-1-2-4-15(13)14/h1-4,6,8-10,14H,5,7,20H2. The quantitative estimate of drug-likeness (QED) is 0.768. The van der Waals surface area contributed by atoms with Crippen molar-refractivity contribution in [3.63, 3.8) is 0 Å². The van der Waals surface area contributed by atoms with E-state index in [-0.39, 0.29) is 0 Å². The number of fused-ring (bicyclic) bond motifs is 1. The van der Waals surface area contributed by atoms with Gasteiger partial charge in [-0.3, -0.25) is 0 Å². The molecule has 3 rings (SSSR count). The Kier molecular flexibility index (Phi) is 3.73. The topological polar surface area (TPSA) is 26.0 Å². The molecule has 0 spiro atoms. The van der Waals surface area contributed by atoms with E-state index in [2.05, 4.69) is 30.3 Å². The minimum absolute atomic E-state index is 0.352. The van der Waals surface area contributed by atoms with Crippen molar-refractivity contribution in [2.24, 2.45) is 5.73 Å². The van der Waals surface area contributed by atoms with Crippen LogP contribution in [0.4, 0.5) is 0 Å². The predicted molar refractivity (Wildman–Crippen MR) is 86.1 cm³/mol. The van der Waals surface area contributed by atoms with Crippen LogP contribution in [0.15, 0.2) is 48.7 Å². The van der Waals surface area contributed by atoms with Gasteiger partial charge in [0.25, 0.3) is 0 Å². The van der Waals surface area contributed by atoms with Gasteiger partial charge in [0.2, 0.25) is 0 Å². The van der Waals surface area contributed by atoms with Gasteiger partial charge >= 0.3 is 0 Å². The highest BCUT2D eigenvalue weighted by Gasteiger charge is 2.24. The number of hydrogen-bond acceptors (Lipinski definition) is 1. The van der Waals surface area contributed by atoms with Crippen molar-refractivity contribution in [2.45, 2.75) is 18.8 Å². The second-order valence-corrected chi connectivity index (χ2v) is 5.86. The second-order valence-electron chi connectivity index (χ2n) is 5.04. The zero-order chi connectivity index (χ0) is 14.1. The van der Waals surface area contributed by atoms with Gasteiger partial charge in [0.05, 0.1) is 10.0 Å². The molecule has 1 aliphatic rings. The first-order chi connectivity index (χ1) is 9.70. The van der Waals surface area contributed by atoms with E-state index in [1.54, 1.807) is 6.20 Å². The molecular formula is C17H15Cl2N. The molecule has 0 bridgehead atoms. The van der Waals surface area contributed by atoms with Crippen molar-refractivity contribution in [1.82, 2.24) is 0 Å². The van der Waals surface area contributed by atoms with Crippen LogP contribution < -0.4 is 5.73 Å². The summed E-state index contributed by atoms with van der Waals surface area (Å²) in [6, 6.07) is 14.3. The molecule has 3 heteroatoms. The maximum atomic E-state index is 6.15. The Balaban J connectivity index is 2.09. The molecule has 20 heavy (non-hydrogen) atoms. The number of nitrogens with two attached hydrogens (primary N) is 1. The Morgan fingerprint density at radius 1 is 1.05 bits per heavy atom. The van der Waals surface area contributed by atoms with Crippen molar-refractivity contribution in [1.29, 1.82) is 0 Å². The highest BCUT2D eigenvalue weighted by atomic mass is 35.5. The normalized spacial score (nSPS) is 19.9. The van der Waals surface area contributed by atoms with E-state index in [9.17, 15) is 0 Å². The fourth-order valence-electron chi connectivity index (χ4n) is 2.93. The summed E-state index contributed by atoms with van der Waals surface area (Å²) in [5, 5.41) is 1.21. The van der Waals surface area contributed by atoms with E-state index in [0.29, 0.717) is 16.0 Å². The molecular weight excluding hydrogens is 289 g/mol. The predicted octanol–water partition coefficient (Wildman–Crippen LogP) is 5.22. The van der Waals surface area contributed by atoms with Crippen LogP contribution in [-0.2, 0) is 0 Å². The van der Waals surface area contributed by atoms with Gasteiger partial charge in [-0.25, -0.2) is 0 Å². The number of halogens is 2. The van der Waals surface area contributed by atoms with Crippen molar-refractivity contribution >= 4 is 28.8 Å². The van der Waals surface area contributed by atoms with Gasteiger partial charge in [-0.1, -0.05) is 53.5 Å². The molecule has 0 fully saturated rings. The molecule has 102 valence electrons. The summed E-state index contributed by atoms with van der Waals surface area (Å²) in [5.41, 5.74) is 10.7. The first kappa shape index (κ1) is 13.5. The smallest absolute Gasteiger partial charge is 0.0595 e. The SMILES string of the molecule is NC=C1CCC(c2ccc(Cl)c(Cl)c2)c2ccccc21. The number of hydrogen-bond donors (Lipinski definition) is 1. The Hall–Kier alpha value is -1.44. The first-order valence-electron chi connectivity index (χ1n) is 6.65. The van der Waals surface area contributed by atoms with Crippen LogP contribution in [0.1, 0.15) is 35.4 Å². The molecule has 0 saturated carbocycles. The molecule has 2 N–H and O–H groups in total. The summed E-state index contributed by atoms with van der Waals surface area (Å²) in [4.78, 5) is 0. The van der Waals surface area contributed by atoms with Crippen LogP contribution in [0.5, 0.6) is 0 Å². The lowest BCUT2D eigenvalue weighted by Crippen LogP contribution is -2.11. The lowest BCUT2D eigenvalue weighted by molar-refractivity contribution is 0.711. The average molecular weight is 304 g/mol. The van der Waals surface area contributed by atoms with E-state index in [4.69, 9.17) is 28.9 Å². The minimum Gasteiger partial charge on any atom is -0.404 e. The molecule has 0 aromatic heterocycles. The summed E-state index contributed by atoms with van der Waals surface area (Å²) in [6.07, 6.45) is 3.75. The van der Waals surface area contributed by atoms with E-state index in [0.717, 1.165) is 12.8 Å². The van der Waals surface area contributed by atoms with E-state index < -0.39 is 0 Å². The fourth-order valence-corrected chi connectivity index (χ4v) is 3.24. The highest BCUT2D eigenvalue weighted by Crippen LogP contribution is 2.42. The number of allylic oxidation sites excluding steroid dienone is 1. The lowest BCUT2D eigenvalue weighted by Gasteiger charge is -2.27. The maximum Gasteiger partial charge on any atom is 0.0595 e. The van der Waals surface area contributed by atoms with Gasteiger partial charge < -0.3 is 5.73 Å². The van der Waals surface area contributed by atoms with Crippen LogP contribution >= 0.6 is 23.2 Å². The Morgan fingerprint density at radius 3 is 2.60 bits per heavy atom. The summed E-state index contributed by atoms with van der Waals surface area (Å²) >= 11 is 12.2. The second kappa shape index (κ2) is 5.51. The zero-order valence-electron chi connectivity index (χ0n) is 10.9. The van der Waals surface area contributed by atoms with Gasteiger partial charge in [-0.15, -0.1) is 0 Å². The fraction of sp³-hybridized carbons (Fsp3) is 0.176. The van der Waals surface area contributed by atoms with Gasteiger partial charge in [-0.05, 0) is 53.4 Å². The van der Waals surface area contributed by atoms with Crippen LogP contribution in [0.3, 0.4) is 0 Å². The third-order valence-electron chi connectivity index (χ3n) is 3.93. The van der Waals surface area contributed by atoms with Gasteiger partial charge in [0.1, 0.15) is 0 Å². The van der Waals surface area contributed by atoms with Crippen LogP contribution in [0.25, 0.3) is 5.57 Å². The summed E-state index contributed by atoms with van der Waals surface area (Å²) in [5.74, 6) is 0.352. The number of benzene rings is 2. The lowest BCUT2D eigenvalue weighted by atomic mass is 9.77. The highest BCUT2D eigenvalue weighted by molar-refractivity contribution is 6.42. The van der Waals surface area contributed by atoms with Crippen molar-refractivity contribution in [2.75, 3.05) is 0 Å². The van der Waals surface area contributed by atoms with Gasteiger partial charge in [0.15, 0.2) is 0 Å². The van der Waals surface area contributed by atoms with Crippen LogP contribution in [0.2, 0.25) is 10.0 Å². The molecule has 2 aromatic rings. The largest absolute Gasteiger partial charge is 0.404 e. The summed E-state index contributed by atoms with van der Waals surface area (Å²) in [7, 11) is 0. The molecule has 0 aliphatic heterocycles. The minimum atomic E-state index is 0.352. The summed E-state index contributed by atoms with van der Waals surface area (Å²) < 4.78 is 0. The Labute approximate surface area is 129 Å². The monoisotopic (exact) mass is 303 g/mol. The molecule has 0 saturated heterocycles. The maximum absolute atomic E-state index is 6.15. The molecule has 0 amide bonds. The van der Waals surface area contributed by atoms with Crippen LogP contribution in [0, 0.1) is 0 Å². The van der Waals surface area contributed by atoms with E-state index in [1.807, 2.05) is 12.1 Å². The number of rotatable bonds is 1. The molecule has 1 atom stereocenters. The van der Waals surface area contributed by atoms with E-state index in [1.165, 1.54) is 22.3 Å². The average Bonchev–Trinajstić information content (AvgIpc) is 2.49. The van der Waals surface area contributed by atoms with Gasteiger partial charge in [-0.2, -0.15) is 0 Å². The van der Waals surface area contributed by atoms with E-state index >= 15 is 0 Å². The molecule has 1 nitrogen and oxygen atoms in total. The molecule has 1 aliphatic carbocycles. The molecule has 0 radical (unpaired) electrons. The molecule has 1 unspecified atom stereocenters. The third kappa shape index (κ3) is 2.32. The van der Waals surface area contributed by atoms with Crippen molar-refractivity contribution < 1.29 is 0 Å². The van der Waals surface area contributed by atoms with Crippen LogP contribution in [-0.4, -0.2) is 0 Å².